The van der Waals surface area contributed by atoms with E-state index in [-0.39, 0.29) is 5.41 Å². The Morgan fingerprint density at radius 1 is 1.09 bits per heavy atom. The summed E-state index contributed by atoms with van der Waals surface area (Å²) in [6.07, 6.45) is 0. The van der Waals surface area contributed by atoms with Crippen molar-refractivity contribution in [3.63, 3.8) is 0 Å². The lowest BCUT2D eigenvalue weighted by Crippen LogP contribution is -2.45. The fourth-order valence-electron chi connectivity index (χ4n) is 0.551. The first-order valence-corrected chi connectivity index (χ1v) is 6.29. The molecule has 0 aliphatic rings. The first kappa shape index (κ1) is 11.1. The molecule has 0 fully saturated rings. The maximum Gasteiger partial charge on any atom is 0.208 e. The summed E-state index contributed by atoms with van der Waals surface area (Å²) in [7, 11) is -0.824. The van der Waals surface area contributed by atoms with Crippen LogP contribution in [0.2, 0.25) is 13.1 Å². The average Bonchev–Trinajstić information content (AvgIpc) is 1.56. The van der Waals surface area contributed by atoms with E-state index in [0.717, 1.165) is 0 Å². The Bertz CT molecular complexity index is 125. The molecule has 1 atom stereocenters. The van der Waals surface area contributed by atoms with E-state index in [1.165, 1.54) is 0 Å². The molecule has 0 amide bonds. The topological polar surface area (TPSA) is 29.5 Å². The van der Waals surface area contributed by atoms with Gasteiger partial charge in [-0.3, -0.25) is 0 Å². The van der Waals surface area contributed by atoms with E-state index < -0.39 is 14.8 Å². The summed E-state index contributed by atoms with van der Waals surface area (Å²) in [6.45, 7) is 11.7. The second-order valence-electron chi connectivity index (χ2n) is 4.24. The van der Waals surface area contributed by atoms with Crippen molar-refractivity contribution in [2.45, 2.75) is 46.6 Å². The van der Waals surface area contributed by atoms with Crippen molar-refractivity contribution in [1.82, 2.24) is 0 Å². The minimum atomic E-state index is -0.995. The van der Waals surface area contributed by atoms with Crippen LogP contribution in [0.4, 0.5) is 0 Å². The highest BCUT2D eigenvalue weighted by Gasteiger charge is 2.36. The maximum atomic E-state index is 9.82. The molecule has 1 unspecified atom stereocenters. The van der Waals surface area contributed by atoms with Gasteiger partial charge in [0.1, 0.15) is 0 Å². The van der Waals surface area contributed by atoms with Crippen LogP contribution < -0.4 is 0 Å². The maximum absolute atomic E-state index is 9.82. The third-order valence-electron chi connectivity index (χ3n) is 1.79. The Balaban J connectivity index is 4.22. The fraction of sp³-hybridized carbons (Fsp3) is 1.00. The summed E-state index contributed by atoms with van der Waals surface area (Å²) >= 11 is 0. The van der Waals surface area contributed by atoms with Crippen molar-refractivity contribution in [3.8, 4) is 0 Å². The van der Waals surface area contributed by atoms with E-state index in [1.54, 1.807) is 6.92 Å². The zero-order chi connectivity index (χ0) is 9.28. The first-order valence-electron chi connectivity index (χ1n) is 3.88. The van der Waals surface area contributed by atoms with Gasteiger partial charge in [0, 0.05) is 5.41 Å². The van der Waals surface area contributed by atoms with Crippen LogP contribution in [0.15, 0.2) is 0 Å². The standard InChI is InChI=1S/C8H19O2Si/c1-7(2,3)8(4,9)10-11(5)6/h9H,1-6H3. The second kappa shape index (κ2) is 3.25. The molecule has 0 rings (SSSR count). The van der Waals surface area contributed by atoms with Gasteiger partial charge < -0.3 is 9.53 Å². The van der Waals surface area contributed by atoms with Crippen molar-refractivity contribution in [2.24, 2.45) is 5.41 Å². The molecular formula is C8H19O2Si. The summed E-state index contributed by atoms with van der Waals surface area (Å²) in [6, 6.07) is 0. The monoisotopic (exact) mass is 175 g/mol. The van der Waals surface area contributed by atoms with E-state index in [4.69, 9.17) is 4.43 Å². The molecule has 0 aromatic carbocycles. The molecule has 0 aliphatic heterocycles. The van der Waals surface area contributed by atoms with Crippen LogP contribution in [-0.4, -0.2) is 19.9 Å². The molecule has 0 saturated carbocycles. The van der Waals surface area contributed by atoms with Crippen molar-refractivity contribution in [3.05, 3.63) is 0 Å². The molecule has 0 spiro atoms. The van der Waals surface area contributed by atoms with Crippen molar-refractivity contribution in [1.29, 1.82) is 0 Å². The quantitative estimate of drug-likeness (QED) is 0.514. The smallest absolute Gasteiger partial charge is 0.208 e. The van der Waals surface area contributed by atoms with Gasteiger partial charge in [0.25, 0.3) is 0 Å². The Kier molecular flexibility index (Phi) is 3.29. The molecule has 0 saturated heterocycles. The van der Waals surface area contributed by atoms with Crippen LogP contribution in [-0.2, 0) is 4.43 Å². The van der Waals surface area contributed by atoms with Gasteiger partial charge >= 0.3 is 0 Å². The normalized spacial score (nSPS) is 18.5. The summed E-state index contributed by atoms with van der Waals surface area (Å²) in [5, 5.41) is 9.82. The highest BCUT2D eigenvalue weighted by molar-refractivity contribution is 6.48. The predicted octanol–water partition coefficient (Wildman–Crippen LogP) is 2.01. The van der Waals surface area contributed by atoms with E-state index in [0.29, 0.717) is 0 Å². The Morgan fingerprint density at radius 3 is 1.55 bits per heavy atom. The number of hydrogen-bond acceptors (Lipinski definition) is 2. The molecule has 0 heterocycles. The van der Waals surface area contributed by atoms with Crippen molar-refractivity contribution >= 4 is 9.04 Å². The van der Waals surface area contributed by atoms with Crippen LogP contribution in [0, 0.1) is 5.41 Å². The minimum Gasteiger partial charge on any atom is -0.390 e. The van der Waals surface area contributed by atoms with Gasteiger partial charge in [-0.05, 0) is 20.0 Å². The highest BCUT2D eigenvalue weighted by Crippen LogP contribution is 2.31. The molecule has 0 aromatic rings. The third-order valence-corrected chi connectivity index (χ3v) is 2.60. The molecule has 3 heteroatoms. The van der Waals surface area contributed by atoms with Crippen LogP contribution >= 0.6 is 0 Å². The van der Waals surface area contributed by atoms with Crippen LogP contribution in [0.3, 0.4) is 0 Å². The molecule has 0 aliphatic carbocycles. The molecule has 0 aromatic heterocycles. The van der Waals surface area contributed by atoms with E-state index in [2.05, 4.69) is 0 Å². The molecule has 67 valence electrons. The van der Waals surface area contributed by atoms with E-state index >= 15 is 0 Å². The first-order chi connectivity index (χ1) is 4.67. The lowest BCUT2D eigenvalue weighted by atomic mass is 9.87. The Labute approximate surface area is 71.3 Å². The molecule has 1 radical (unpaired) electrons. The SMILES string of the molecule is C[Si](C)OC(C)(O)C(C)(C)C. The van der Waals surface area contributed by atoms with Gasteiger partial charge in [-0.25, -0.2) is 0 Å². The van der Waals surface area contributed by atoms with Gasteiger partial charge in [-0.2, -0.15) is 0 Å². The number of rotatable bonds is 2. The third kappa shape index (κ3) is 3.36. The fourth-order valence-corrected chi connectivity index (χ4v) is 1.65. The Morgan fingerprint density at radius 2 is 1.45 bits per heavy atom. The van der Waals surface area contributed by atoms with Gasteiger partial charge in [0.05, 0.1) is 0 Å². The van der Waals surface area contributed by atoms with Crippen molar-refractivity contribution < 1.29 is 9.53 Å². The lowest BCUT2D eigenvalue weighted by molar-refractivity contribution is -0.195. The zero-order valence-electron chi connectivity index (χ0n) is 8.36. The van der Waals surface area contributed by atoms with Crippen LogP contribution in [0.1, 0.15) is 27.7 Å². The van der Waals surface area contributed by atoms with Crippen molar-refractivity contribution in [2.75, 3.05) is 0 Å². The summed E-state index contributed by atoms with van der Waals surface area (Å²) in [5.74, 6) is -0.995. The second-order valence-corrected chi connectivity index (χ2v) is 6.26. The molecule has 2 nitrogen and oxygen atoms in total. The minimum absolute atomic E-state index is 0.213. The molecule has 1 N–H and O–H groups in total. The molecule has 0 bridgehead atoms. The average molecular weight is 175 g/mol. The lowest BCUT2D eigenvalue weighted by Gasteiger charge is -2.38. The van der Waals surface area contributed by atoms with Crippen LogP contribution in [0.5, 0.6) is 0 Å². The zero-order valence-corrected chi connectivity index (χ0v) is 9.36. The highest BCUT2D eigenvalue weighted by atomic mass is 28.3. The van der Waals surface area contributed by atoms with E-state index in [1.807, 2.05) is 33.9 Å². The summed E-state index contributed by atoms with van der Waals surface area (Å²) in [5.41, 5.74) is -0.213. The van der Waals surface area contributed by atoms with Gasteiger partial charge in [-0.1, -0.05) is 20.8 Å². The van der Waals surface area contributed by atoms with Gasteiger partial charge in [0.2, 0.25) is 9.04 Å². The Hall–Kier alpha value is 0.137. The van der Waals surface area contributed by atoms with Crippen LogP contribution in [0.25, 0.3) is 0 Å². The number of aliphatic hydroxyl groups is 1. The molecular weight excluding hydrogens is 156 g/mol. The summed E-state index contributed by atoms with van der Waals surface area (Å²) in [4.78, 5) is 0. The van der Waals surface area contributed by atoms with Gasteiger partial charge in [0.15, 0.2) is 5.79 Å². The number of hydrogen-bond donors (Lipinski definition) is 1. The predicted molar refractivity (Wildman–Crippen MR) is 48.6 cm³/mol. The molecule has 11 heavy (non-hydrogen) atoms. The largest absolute Gasteiger partial charge is 0.390 e. The van der Waals surface area contributed by atoms with Gasteiger partial charge in [-0.15, -0.1) is 0 Å². The van der Waals surface area contributed by atoms with E-state index in [9.17, 15) is 5.11 Å². The summed E-state index contributed by atoms with van der Waals surface area (Å²) < 4.78 is 5.46.